The van der Waals surface area contributed by atoms with Crippen molar-refractivity contribution in [2.75, 3.05) is 6.54 Å². The van der Waals surface area contributed by atoms with E-state index in [4.69, 9.17) is 5.73 Å². The van der Waals surface area contributed by atoms with Gasteiger partial charge in [-0.1, -0.05) is 12.1 Å². The molecule has 0 saturated heterocycles. The number of aryl methyl sites for hydroxylation is 2. The molecule has 0 aliphatic carbocycles. The number of halogens is 1. The smallest absolute Gasteiger partial charge is 0.252 e. The van der Waals surface area contributed by atoms with E-state index in [-0.39, 0.29) is 18.3 Å². The van der Waals surface area contributed by atoms with Gasteiger partial charge in [-0.15, -0.1) is 11.3 Å². The van der Waals surface area contributed by atoms with Crippen molar-refractivity contribution >= 4 is 23.2 Å². The van der Waals surface area contributed by atoms with Gasteiger partial charge in [0.2, 0.25) is 5.91 Å². The Bertz CT molecular complexity index is 710. The third-order valence-corrected chi connectivity index (χ3v) is 4.56. The van der Waals surface area contributed by atoms with Crippen LogP contribution >= 0.6 is 11.3 Å². The maximum Gasteiger partial charge on any atom is 0.252 e. The van der Waals surface area contributed by atoms with Gasteiger partial charge in [-0.3, -0.25) is 9.59 Å². The molecule has 0 spiro atoms. The fourth-order valence-corrected chi connectivity index (χ4v) is 3.27. The maximum absolute atomic E-state index is 12.9. The molecule has 1 aromatic carbocycles. The molecule has 1 aromatic heterocycles. The van der Waals surface area contributed by atoms with E-state index in [1.165, 1.54) is 12.1 Å². The highest BCUT2D eigenvalue weighted by Gasteiger charge is 2.19. The van der Waals surface area contributed by atoms with Crippen LogP contribution in [0.15, 0.2) is 30.3 Å². The number of hydrogen-bond acceptors (Lipinski definition) is 3. The molecule has 2 rings (SSSR count). The number of rotatable bonds is 6. The average molecular weight is 334 g/mol. The average Bonchev–Trinajstić information content (AvgIpc) is 2.83. The zero-order valence-corrected chi connectivity index (χ0v) is 13.9. The Morgan fingerprint density at radius 2 is 1.91 bits per heavy atom. The second kappa shape index (κ2) is 7.37. The number of benzene rings is 1. The predicted molar refractivity (Wildman–Crippen MR) is 88.9 cm³/mol. The van der Waals surface area contributed by atoms with Crippen LogP contribution < -0.4 is 11.1 Å². The largest absolute Gasteiger partial charge is 0.369 e. The first-order chi connectivity index (χ1) is 10.9. The van der Waals surface area contributed by atoms with Gasteiger partial charge in [-0.05, 0) is 44.0 Å². The summed E-state index contributed by atoms with van der Waals surface area (Å²) in [6.07, 6.45) is 0.359. The molecule has 0 aliphatic rings. The van der Waals surface area contributed by atoms with Gasteiger partial charge in [0.15, 0.2) is 0 Å². The van der Waals surface area contributed by atoms with Crippen molar-refractivity contribution in [1.29, 1.82) is 0 Å². The number of amides is 2. The quantitative estimate of drug-likeness (QED) is 0.852. The van der Waals surface area contributed by atoms with E-state index in [1.54, 1.807) is 23.5 Å². The standard InChI is InChI=1S/C17H19FN2O2S/c1-10-7-15(11(2)23-10)17(22)20-9-13(16(19)21)8-12-3-5-14(18)6-4-12/h3-7,13H,8-9H2,1-2H3,(H2,19,21)(H,20,22)/t13-/m0/s1. The van der Waals surface area contributed by atoms with E-state index in [2.05, 4.69) is 5.32 Å². The fourth-order valence-electron chi connectivity index (χ4n) is 2.35. The highest BCUT2D eigenvalue weighted by Crippen LogP contribution is 2.20. The predicted octanol–water partition coefficient (Wildman–Crippen LogP) is 2.58. The SMILES string of the molecule is Cc1cc(C(=O)NC[C@H](Cc2ccc(F)cc2)C(N)=O)c(C)s1. The molecule has 0 unspecified atom stereocenters. The Morgan fingerprint density at radius 1 is 1.26 bits per heavy atom. The lowest BCUT2D eigenvalue weighted by molar-refractivity contribution is -0.121. The summed E-state index contributed by atoms with van der Waals surface area (Å²) in [4.78, 5) is 25.8. The highest BCUT2D eigenvalue weighted by molar-refractivity contribution is 7.12. The van der Waals surface area contributed by atoms with Crippen LogP contribution in [0.2, 0.25) is 0 Å². The molecule has 0 radical (unpaired) electrons. The van der Waals surface area contributed by atoms with Crippen LogP contribution in [-0.2, 0) is 11.2 Å². The molecular formula is C17H19FN2O2S. The van der Waals surface area contributed by atoms with Crippen LogP contribution in [0.5, 0.6) is 0 Å². The third-order valence-electron chi connectivity index (χ3n) is 3.59. The van der Waals surface area contributed by atoms with Crippen molar-refractivity contribution in [3.8, 4) is 0 Å². The molecule has 0 saturated carbocycles. The molecule has 23 heavy (non-hydrogen) atoms. The Labute approximate surface area is 138 Å². The van der Waals surface area contributed by atoms with Gasteiger partial charge in [-0.2, -0.15) is 0 Å². The van der Waals surface area contributed by atoms with Crippen molar-refractivity contribution in [2.45, 2.75) is 20.3 Å². The molecule has 6 heteroatoms. The number of primary amides is 1. The van der Waals surface area contributed by atoms with Gasteiger partial charge in [0, 0.05) is 16.3 Å². The van der Waals surface area contributed by atoms with E-state index in [0.29, 0.717) is 12.0 Å². The molecule has 0 bridgehead atoms. The van der Waals surface area contributed by atoms with Crippen LogP contribution in [0.4, 0.5) is 4.39 Å². The van der Waals surface area contributed by atoms with Crippen molar-refractivity contribution in [3.63, 3.8) is 0 Å². The minimum absolute atomic E-state index is 0.153. The molecule has 1 heterocycles. The fraction of sp³-hybridized carbons (Fsp3) is 0.294. The molecule has 4 nitrogen and oxygen atoms in total. The zero-order valence-electron chi connectivity index (χ0n) is 13.1. The molecular weight excluding hydrogens is 315 g/mol. The second-order valence-electron chi connectivity index (χ2n) is 5.47. The second-order valence-corrected chi connectivity index (χ2v) is 6.93. The first-order valence-electron chi connectivity index (χ1n) is 7.26. The van der Waals surface area contributed by atoms with Gasteiger partial charge in [-0.25, -0.2) is 4.39 Å². The summed E-state index contributed by atoms with van der Waals surface area (Å²) in [5, 5.41) is 2.76. The first kappa shape index (κ1) is 17.1. The van der Waals surface area contributed by atoms with Crippen LogP contribution in [0.1, 0.15) is 25.7 Å². The van der Waals surface area contributed by atoms with E-state index >= 15 is 0 Å². The Morgan fingerprint density at radius 3 is 2.43 bits per heavy atom. The number of carbonyl (C=O) groups excluding carboxylic acids is 2. The third kappa shape index (κ3) is 4.63. The summed E-state index contributed by atoms with van der Waals surface area (Å²) in [6.45, 7) is 3.98. The molecule has 0 aliphatic heterocycles. The van der Waals surface area contributed by atoms with Crippen LogP contribution in [-0.4, -0.2) is 18.4 Å². The summed E-state index contributed by atoms with van der Waals surface area (Å²) in [7, 11) is 0. The number of nitrogens with one attached hydrogen (secondary N) is 1. The van der Waals surface area contributed by atoms with Gasteiger partial charge >= 0.3 is 0 Å². The highest BCUT2D eigenvalue weighted by atomic mass is 32.1. The van der Waals surface area contributed by atoms with Crippen LogP contribution in [0, 0.1) is 25.6 Å². The summed E-state index contributed by atoms with van der Waals surface area (Å²) in [5.41, 5.74) is 6.83. The summed E-state index contributed by atoms with van der Waals surface area (Å²) >= 11 is 1.55. The maximum atomic E-state index is 12.9. The molecule has 1 atom stereocenters. The lowest BCUT2D eigenvalue weighted by Crippen LogP contribution is -2.37. The summed E-state index contributed by atoms with van der Waals surface area (Å²) in [6, 6.07) is 7.72. The Balaban J connectivity index is 1.99. The van der Waals surface area contributed by atoms with E-state index in [0.717, 1.165) is 15.3 Å². The summed E-state index contributed by atoms with van der Waals surface area (Å²) < 4.78 is 12.9. The Kier molecular flexibility index (Phi) is 5.50. The molecule has 2 aromatic rings. The molecule has 0 fully saturated rings. The van der Waals surface area contributed by atoms with Crippen molar-refractivity contribution in [3.05, 3.63) is 57.0 Å². The minimum atomic E-state index is -0.538. The monoisotopic (exact) mass is 334 g/mol. The van der Waals surface area contributed by atoms with Crippen LogP contribution in [0.25, 0.3) is 0 Å². The van der Waals surface area contributed by atoms with Crippen molar-refractivity contribution in [2.24, 2.45) is 11.7 Å². The first-order valence-corrected chi connectivity index (χ1v) is 8.07. The van der Waals surface area contributed by atoms with Crippen molar-refractivity contribution in [1.82, 2.24) is 5.32 Å². The lowest BCUT2D eigenvalue weighted by atomic mass is 9.98. The van der Waals surface area contributed by atoms with E-state index in [9.17, 15) is 14.0 Å². The van der Waals surface area contributed by atoms with Gasteiger partial charge in [0.05, 0.1) is 11.5 Å². The lowest BCUT2D eigenvalue weighted by Gasteiger charge is -2.14. The zero-order chi connectivity index (χ0) is 17.0. The number of nitrogens with two attached hydrogens (primary N) is 1. The van der Waals surface area contributed by atoms with E-state index < -0.39 is 11.8 Å². The van der Waals surface area contributed by atoms with Crippen molar-refractivity contribution < 1.29 is 14.0 Å². The molecule has 122 valence electrons. The number of hydrogen-bond donors (Lipinski definition) is 2. The topological polar surface area (TPSA) is 72.2 Å². The van der Waals surface area contributed by atoms with Gasteiger partial charge in [0.25, 0.3) is 5.91 Å². The van der Waals surface area contributed by atoms with E-state index in [1.807, 2.05) is 19.9 Å². The minimum Gasteiger partial charge on any atom is -0.369 e. The number of thiophene rings is 1. The van der Waals surface area contributed by atoms with Crippen LogP contribution in [0.3, 0.4) is 0 Å². The molecule has 3 N–H and O–H groups in total. The normalized spacial score (nSPS) is 12.0. The number of carbonyl (C=O) groups is 2. The molecule has 2 amide bonds. The van der Waals surface area contributed by atoms with Gasteiger partial charge in [0.1, 0.15) is 5.82 Å². The van der Waals surface area contributed by atoms with Gasteiger partial charge < -0.3 is 11.1 Å². The Hall–Kier alpha value is -2.21. The summed E-state index contributed by atoms with van der Waals surface area (Å²) in [5.74, 6) is -1.57.